The number of halogens is 4. The van der Waals surface area contributed by atoms with Crippen molar-refractivity contribution in [1.29, 1.82) is 0 Å². The van der Waals surface area contributed by atoms with Crippen LogP contribution in [0.1, 0.15) is 29.6 Å². The summed E-state index contributed by atoms with van der Waals surface area (Å²) >= 11 is 0. The molecule has 12 heteroatoms. The summed E-state index contributed by atoms with van der Waals surface area (Å²) in [6.07, 6.45) is 0.755. The molecule has 0 amide bonds. The number of nitrogens with one attached hydrogen (secondary N) is 1. The zero-order valence-corrected chi connectivity index (χ0v) is 22.9. The highest BCUT2D eigenvalue weighted by molar-refractivity contribution is 7.93. The Morgan fingerprint density at radius 3 is 2.41 bits per heavy atom. The SMILES string of the molecule is CCc1nc2c(C)cc(C)nc2n1Cc1ccc2nc(-c3ccccc3NS(=O)(=O)C(F)(F)F)ccc2c1.Cl. The molecule has 0 aliphatic carbocycles. The molecule has 0 bridgehead atoms. The summed E-state index contributed by atoms with van der Waals surface area (Å²) < 4.78 is 65.9. The molecule has 0 radical (unpaired) electrons. The van der Waals surface area contributed by atoms with Crippen molar-refractivity contribution in [1.82, 2.24) is 19.5 Å². The Kier molecular flexibility index (Phi) is 7.59. The van der Waals surface area contributed by atoms with Gasteiger partial charge in [0, 0.05) is 23.1 Å². The van der Waals surface area contributed by atoms with E-state index in [4.69, 9.17) is 9.97 Å². The van der Waals surface area contributed by atoms with Gasteiger partial charge in [0.25, 0.3) is 0 Å². The van der Waals surface area contributed by atoms with Crippen LogP contribution in [-0.4, -0.2) is 33.4 Å². The van der Waals surface area contributed by atoms with E-state index in [2.05, 4.69) is 16.5 Å². The van der Waals surface area contributed by atoms with E-state index in [0.717, 1.165) is 45.6 Å². The lowest BCUT2D eigenvalue weighted by Gasteiger charge is -2.14. The van der Waals surface area contributed by atoms with Crippen LogP contribution in [0.3, 0.4) is 0 Å². The Balaban J connectivity index is 0.00000353. The highest BCUT2D eigenvalue weighted by atomic mass is 35.5. The summed E-state index contributed by atoms with van der Waals surface area (Å²) in [5, 5.41) is 0.836. The van der Waals surface area contributed by atoms with E-state index in [0.29, 0.717) is 17.8 Å². The molecule has 5 rings (SSSR count). The molecule has 0 spiro atoms. The normalized spacial score (nSPS) is 12.1. The van der Waals surface area contributed by atoms with Crippen molar-refractivity contribution in [3.05, 3.63) is 83.3 Å². The van der Waals surface area contributed by atoms with Gasteiger partial charge < -0.3 is 4.57 Å². The van der Waals surface area contributed by atoms with Gasteiger partial charge in [0.05, 0.1) is 23.4 Å². The maximum absolute atomic E-state index is 12.9. The maximum atomic E-state index is 12.9. The van der Waals surface area contributed by atoms with Gasteiger partial charge in [-0.2, -0.15) is 21.6 Å². The number of anilines is 1. The Labute approximate surface area is 229 Å². The molecule has 0 saturated heterocycles. The molecule has 0 fully saturated rings. The van der Waals surface area contributed by atoms with Gasteiger partial charge in [-0.15, -0.1) is 12.4 Å². The molecule has 7 nitrogen and oxygen atoms in total. The van der Waals surface area contributed by atoms with E-state index < -0.39 is 15.5 Å². The quantitative estimate of drug-likeness (QED) is 0.248. The third-order valence-corrected chi connectivity index (χ3v) is 7.36. The Morgan fingerprint density at radius 2 is 1.69 bits per heavy atom. The van der Waals surface area contributed by atoms with E-state index in [1.165, 1.54) is 18.2 Å². The molecular weight excluding hydrogens is 551 g/mol. The number of para-hydroxylation sites is 1. The van der Waals surface area contributed by atoms with Crippen molar-refractivity contribution >= 4 is 50.2 Å². The first kappa shape index (κ1) is 28.3. The average Bonchev–Trinajstić information content (AvgIpc) is 3.20. The number of alkyl halides is 3. The molecule has 3 aromatic heterocycles. The molecule has 1 N–H and O–H groups in total. The number of fused-ring (bicyclic) bond motifs is 2. The molecule has 39 heavy (non-hydrogen) atoms. The number of aromatic nitrogens is 4. The summed E-state index contributed by atoms with van der Waals surface area (Å²) in [5.41, 5.74) is 0.307. The second-order valence-electron chi connectivity index (χ2n) is 9.04. The fourth-order valence-electron chi connectivity index (χ4n) is 4.49. The maximum Gasteiger partial charge on any atom is 0.516 e. The highest BCUT2D eigenvalue weighted by Gasteiger charge is 2.46. The molecule has 0 atom stereocenters. The standard InChI is InChI=1S/C27H24F3N5O2S.ClH/c1-4-24-33-25-16(2)13-17(3)31-26(25)35(24)15-18-9-11-21-19(14-18)10-12-22(32-21)20-7-5-6-8-23(20)34-38(36,37)27(28,29)30;/h5-14,34H,4,15H2,1-3H3;1H. The highest BCUT2D eigenvalue weighted by Crippen LogP contribution is 2.32. The number of imidazole rings is 1. The summed E-state index contributed by atoms with van der Waals surface area (Å²) in [6, 6.07) is 17.1. The van der Waals surface area contributed by atoms with Crippen LogP contribution in [0.2, 0.25) is 0 Å². The lowest BCUT2D eigenvalue weighted by molar-refractivity contribution is -0.0429. The molecule has 5 aromatic rings. The predicted octanol–water partition coefficient (Wildman–Crippen LogP) is 6.56. The molecule has 204 valence electrons. The lowest BCUT2D eigenvalue weighted by Crippen LogP contribution is -2.30. The van der Waals surface area contributed by atoms with Gasteiger partial charge >= 0.3 is 15.5 Å². The number of rotatable bonds is 6. The van der Waals surface area contributed by atoms with E-state index >= 15 is 0 Å². The minimum absolute atomic E-state index is 0. The number of benzene rings is 2. The number of hydrogen-bond acceptors (Lipinski definition) is 5. The predicted molar refractivity (Wildman–Crippen MR) is 149 cm³/mol. The zero-order valence-electron chi connectivity index (χ0n) is 21.2. The summed E-state index contributed by atoms with van der Waals surface area (Å²) in [4.78, 5) is 14.1. The third-order valence-electron chi connectivity index (χ3n) is 6.26. The molecule has 0 saturated carbocycles. The second kappa shape index (κ2) is 10.5. The van der Waals surface area contributed by atoms with Gasteiger partial charge in [-0.1, -0.05) is 37.3 Å². The lowest BCUT2D eigenvalue weighted by atomic mass is 10.1. The van der Waals surface area contributed by atoms with Crippen LogP contribution in [0, 0.1) is 13.8 Å². The number of pyridine rings is 2. The second-order valence-corrected chi connectivity index (χ2v) is 10.7. The Hall–Kier alpha value is -3.70. The fourth-order valence-corrected chi connectivity index (χ4v) is 5.07. The number of nitrogens with zero attached hydrogens (tertiary/aromatic N) is 4. The molecule has 3 heterocycles. The smallest absolute Gasteiger partial charge is 0.308 e. The van der Waals surface area contributed by atoms with E-state index in [-0.39, 0.29) is 23.7 Å². The largest absolute Gasteiger partial charge is 0.516 e. The Morgan fingerprint density at radius 1 is 0.949 bits per heavy atom. The van der Waals surface area contributed by atoms with Gasteiger partial charge in [-0.05, 0) is 55.3 Å². The van der Waals surface area contributed by atoms with Crippen LogP contribution in [0.15, 0.2) is 60.7 Å². The van der Waals surface area contributed by atoms with Crippen molar-refractivity contribution < 1.29 is 21.6 Å². The van der Waals surface area contributed by atoms with Crippen LogP contribution >= 0.6 is 12.4 Å². The first-order valence-electron chi connectivity index (χ1n) is 11.9. The van der Waals surface area contributed by atoms with Crippen molar-refractivity contribution in [3.8, 4) is 11.3 Å². The first-order chi connectivity index (χ1) is 18.0. The van der Waals surface area contributed by atoms with Crippen molar-refractivity contribution in [3.63, 3.8) is 0 Å². The van der Waals surface area contributed by atoms with Crippen LogP contribution < -0.4 is 4.72 Å². The summed E-state index contributed by atoms with van der Waals surface area (Å²) in [5.74, 6) is 0.938. The van der Waals surface area contributed by atoms with Gasteiger partial charge in [-0.25, -0.2) is 15.0 Å². The summed E-state index contributed by atoms with van der Waals surface area (Å²) in [6.45, 7) is 6.61. The van der Waals surface area contributed by atoms with Crippen molar-refractivity contribution in [2.24, 2.45) is 0 Å². The molecular formula is C27H25ClF3N5O2S. The van der Waals surface area contributed by atoms with Gasteiger partial charge in [-0.3, -0.25) is 4.72 Å². The van der Waals surface area contributed by atoms with Crippen LogP contribution in [0.25, 0.3) is 33.3 Å². The van der Waals surface area contributed by atoms with Crippen molar-refractivity contribution in [2.75, 3.05) is 4.72 Å². The van der Waals surface area contributed by atoms with Crippen molar-refractivity contribution in [2.45, 2.75) is 39.2 Å². The molecule has 0 aliphatic rings. The average molecular weight is 576 g/mol. The third kappa shape index (κ3) is 5.41. The monoisotopic (exact) mass is 575 g/mol. The number of aryl methyl sites for hydroxylation is 3. The minimum atomic E-state index is -5.57. The van der Waals surface area contributed by atoms with Crippen LogP contribution in [0.4, 0.5) is 18.9 Å². The number of sulfonamides is 1. The van der Waals surface area contributed by atoms with E-state index in [1.807, 2.05) is 44.2 Å². The topological polar surface area (TPSA) is 89.8 Å². The van der Waals surface area contributed by atoms with Gasteiger partial charge in [0.2, 0.25) is 0 Å². The van der Waals surface area contributed by atoms with Crippen LogP contribution in [0.5, 0.6) is 0 Å². The fraction of sp³-hybridized carbons (Fsp3) is 0.222. The molecule has 0 unspecified atom stereocenters. The Bertz CT molecular complexity index is 1800. The van der Waals surface area contributed by atoms with Gasteiger partial charge in [0.1, 0.15) is 11.3 Å². The number of hydrogen-bond donors (Lipinski definition) is 1. The minimum Gasteiger partial charge on any atom is -0.308 e. The van der Waals surface area contributed by atoms with E-state index in [1.54, 1.807) is 16.9 Å². The first-order valence-corrected chi connectivity index (χ1v) is 13.4. The van der Waals surface area contributed by atoms with E-state index in [9.17, 15) is 21.6 Å². The zero-order chi connectivity index (χ0) is 27.2. The van der Waals surface area contributed by atoms with Crippen LogP contribution in [-0.2, 0) is 23.0 Å². The summed E-state index contributed by atoms with van der Waals surface area (Å²) in [7, 11) is -5.57. The van der Waals surface area contributed by atoms with Gasteiger partial charge in [0.15, 0.2) is 5.65 Å². The molecule has 2 aromatic carbocycles. The molecule has 0 aliphatic heterocycles.